The highest BCUT2D eigenvalue weighted by Crippen LogP contribution is 2.17. The van der Waals surface area contributed by atoms with Crippen LogP contribution >= 0.6 is 11.3 Å². The van der Waals surface area contributed by atoms with Gasteiger partial charge in [0.1, 0.15) is 22.3 Å². The Balaban J connectivity index is 2.16. The number of hydrogen-bond acceptors (Lipinski definition) is 4. The Morgan fingerprint density at radius 2 is 2.22 bits per heavy atom. The first-order valence-electron chi connectivity index (χ1n) is 5.01. The molecule has 0 saturated heterocycles. The zero-order valence-electron chi connectivity index (χ0n) is 9.11. The van der Waals surface area contributed by atoms with Crippen molar-refractivity contribution in [3.8, 4) is 0 Å². The summed E-state index contributed by atoms with van der Waals surface area (Å²) in [6.07, 6.45) is 0. The summed E-state index contributed by atoms with van der Waals surface area (Å²) in [5, 5.41) is 4.45. The number of thiazole rings is 1. The number of rotatable bonds is 3. The van der Waals surface area contributed by atoms with Crippen molar-refractivity contribution in [1.82, 2.24) is 4.98 Å². The molecule has 4 nitrogen and oxygen atoms in total. The van der Waals surface area contributed by atoms with Crippen molar-refractivity contribution in [1.29, 1.82) is 0 Å². The van der Waals surface area contributed by atoms with Crippen molar-refractivity contribution in [3.63, 3.8) is 0 Å². The van der Waals surface area contributed by atoms with Gasteiger partial charge in [0.05, 0.1) is 5.69 Å². The van der Waals surface area contributed by atoms with Gasteiger partial charge < -0.3 is 11.1 Å². The van der Waals surface area contributed by atoms with Crippen LogP contribution in [0.4, 0.5) is 14.5 Å². The van der Waals surface area contributed by atoms with Crippen molar-refractivity contribution in [2.75, 3.05) is 5.32 Å². The predicted octanol–water partition coefficient (Wildman–Crippen LogP) is 2.13. The van der Waals surface area contributed by atoms with E-state index in [1.165, 1.54) is 16.7 Å². The number of anilines is 1. The number of benzene rings is 1. The smallest absolute Gasteiger partial charge is 0.275 e. The van der Waals surface area contributed by atoms with E-state index in [9.17, 15) is 13.6 Å². The Bertz CT molecular complexity index is 585. The SMILES string of the molecule is NCc1nc(C(=O)Nc2ccc(F)cc2F)cs1. The number of nitrogens with zero attached hydrogens (tertiary/aromatic N) is 1. The van der Waals surface area contributed by atoms with Crippen LogP contribution < -0.4 is 11.1 Å². The van der Waals surface area contributed by atoms with Crippen LogP contribution in [0.3, 0.4) is 0 Å². The van der Waals surface area contributed by atoms with E-state index in [0.29, 0.717) is 11.1 Å². The molecule has 0 spiro atoms. The molecule has 94 valence electrons. The van der Waals surface area contributed by atoms with Gasteiger partial charge in [0.25, 0.3) is 5.91 Å². The average Bonchev–Trinajstić information content (AvgIpc) is 2.81. The summed E-state index contributed by atoms with van der Waals surface area (Å²) in [4.78, 5) is 15.7. The Hall–Kier alpha value is -1.86. The minimum atomic E-state index is -0.836. The lowest BCUT2D eigenvalue weighted by molar-refractivity contribution is 0.102. The molecule has 2 rings (SSSR count). The quantitative estimate of drug-likeness (QED) is 0.897. The topological polar surface area (TPSA) is 68.0 Å². The normalized spacial score (nSPS) is 10.4. The molecule has 0 saturated carbocycles. The Labute approximate surface area is 105 Å². The standard InChI is InChI=1S/C11H9F2N3OS/c12-6-1-2-8(7(13)3-6)16-11(17)9-5-18-10(4-14)15-9/h1-3,5H,4,14H2,(H,16,17). The highest BCUT2D eigenvalue weighted by molar-refractivity contribution is 7.09. The number of aromatic nitrogens is 1. The first-order valence-corrected chi connectivity index (χ1v) is 5.89. The first-order chi connectivity index (χ1) is 8.60. The molecule has 3 N–H and O–H groups in total. The van der Waals surface area contributed by atoms with Crippen LogP contribution in [0.5, 0.6) is 0 Å². The molecule has 0 aliphatic carbocycles. The van der Waals surface area contributed by atoms with Crippen LogP contribution in [0.1, 0.15) is 15.5 Å². The number of carbonyl (C=O) groups is 1. The number of amides is 1. The summed E-state index contributed by atoms with van der Waals surface area (Å²) < 4.78 is 26.0. The summed E-state index contributed by atoms with van der Waals surface area (Å²) in [7, 11) is 0. The molecule has 18 heavy (non-hydrogen) atoms. The molecule has 1 aromatic heterocycles. The lowest BCUT2D eigenvalue weighted by Gasteiger charge is -2.04. The van der Waals surface area contributed by atoms with Gasteiger partial charge in [-0.1, -0.05) is 0 Å². The monoisotopic (exact) mass is 269 g/mol. The van der Waals surface area contributed by atoms with Crippen LogP contribution in [-0.2, 0) is 6.54 Å². The second-order valence-corrected chi connectivity index (χ2v) is 4.35. The first kappa shape index (κ1) is 12.6. The number of halogens is 2. The van der Waals surface area contributed by atoms with Gasteiger partial charge in [-0.3, -0.25) is 4.79 Å². The van der Waals surface area contributed by atoms with Crippen molar-refractivity contribution in [3.05, 3.63) is 45.9 Å². The van der Waals surface area contributed by atoms with Crippen molar-refractivity contribution < 1.29 is 13.6 Å². The fraction of sp³-hybridized carbons (Fsp3) is 0.0909. The van der Waals surface area contributed by atoms with Gasteiger partial charge in [-0.05, 0) is 12.1 Å². The summed E-state index contributed by atoms with van der Waals surface area (Å²) in [6.45, 7) is 0.239. The van der Waals surface area contributed by atoms with E-state index >= 15 is 0 Å². The maximum Gasteiger partial charge on any atom is 0.275 e. The second kappa shape index (κ2) is 5.19. The van der Waals surface area contributed by atoms with Crippen LogP contribution in [-0.4, -0.2) is 10.9 Å². The third kappa shape index (κ3) is 2.69. The van der Waals surface area contributed by atoms with Gasteiger partial charge >= 0.3 is 0 Å². The average molecular weight is 269 g/mol. The van der Waals surface area contributed by atoms with Crippen LogP contribution in [0.15, 0.2) is 23.6 Å². The molecule has 0 fully saturated rings. The van der Waals surface area contributed by atoms with Gasteiger partial charge in [-0.15, -0.1) is 11.3 Å². The molecule has 0 bridgehead atoms. The highest BCUT2D eigenvalue weighted by atomic mass is 32.1. The maximum atomic E-state index is 13.3. The highest BCUT2D eigenvalue weighted by Gasteiger charge is 2.13. The molecular weight excluding hydrogens is 260 g/mol. The van der Waals surface area contributed by atoms with Gasteiger partial charge in [0.15, 0.2) is 0 Å². The number of carbonyl (C=O) groups excluding carboxylic acids is 1. The molecule has 1 heterocycles. The molecule has 0 aliphatic rings. The largest absolute Gasteiger partial charge is 0.325 e. The van der Waals surface area contributed by atoms with Gasteiger partial charge in [-0.25, -0.2) is 13.8 Å². The van der Waals surface area contributed by atoms with Crippen molar-refractivity contribution in [2.45, 2.75) is 6.54 Å². The molecule has 0 unspecified atom stereocenters. The number of nitrogens with two attached hydrogens (primary N) is 1. The van der Waals surface area contributed by atoms with Gasteiger partial charge in [-0.2, -0.15) is 0 Å². The number of nitrogens with one attached hydrogen (secondary N) is 1. The molecule has 0 radical (unpaired) electrons. The van der Waals surface area contributed by atoms with Crippen molar-refractivity contribution >= 4 is 22.9 Å². The van der Waals surface area contributed by atoms with Crippen LogP contribution in [0.25, 0.3) is 0 Å². The summed E-state index contributed by atoms with van der Waals surface area (Å²) >= 11 is 1.24. The van der Waals surface area contributed by atoms with E-state index in [1.54, 1.807) is 0 Å². The summed E-state index contributed by atoms with van der Waals surface area (Å²) in [5.41, 5.74) is 5.43. The van der Waals surface area contributed by atoms with E-state index in [-0.39, 0.29) is 17.9 Å². The molecule has 0 aliphatic heterocycles. The molecule has 0 atom stereocenters. The Morgan fingerprint density at radius 1 is 1.44 bits per heavy atom. The minimum absolute atomic E-state index is 0.0938. The van der Waals surface area contributed by atoms with E-state index in [0.717, 1.165) is 12.1 Å². The van der Waals surface area contributed by atoms with Gasteiger partial charge in [0.2, 0.25) is 0 Å². The van der Waals surface area contributed by atoms with E-state index in [2.05, 4.69) is 10.3 Å². The van der Waals surface area contributed by atoms with Crippen LogP contribution in [0.2, 0.25) is 0 Å². The predicted molar refractivity (Wildman–Crippen MR) is 64.3 cm³/mol. The summed E-state index contributed by atoms with van der Waals surface area (Å²) in [6, 6.07) is 2.91. The molecule has 7 heteroatoms. The summed E-state index contributed by atoms with van der Waals surface area (Å²) in [5.74, 6) is -2.10. The zero-order valence-corrected chi connectivity index (χ0v) is 9.93. The molecule has 2 aromatic rings. The zero-order chi connectivity index (χ0) is 13.1. The van der Waals surface area contributed by atoms with E-state index in [4.69, 9.17) is 5.73 Å². The fourth-order valence-corrected chi connectivity index (χ4v) is 1.94. The second-order valence-electron chi connectivity index (χ2n) is 3.41. The van der Waals surface area contributed by atoms with Crippen molar-refractivity contribution in [2.24, 2.45) is 5.73 Å². The lowest BCUT2D eigenvalue weighted by Crippen LogP contribution is -2.13. The minimum Gasteiger partial charge on any atom is -0.325 e. The third-order valence-electron chi connectivity index (χ3n) is 2.14. The molecular formula is C11H9F2N3OS. The molecule has 1 amide bonds. The third-order valence-corrected chi connectivity index (χ3v) is 3.01. The Morgan fingerprint density at radius 3 is 2.83 bits per heavy atom. The fourth-order valence-electron chi connectivity index (χ4n) is 1.29. The van der Waals surface area contributed by atoms with E-state index in [1.807, 2.05) is 0 Å². The van der Waals surface area contributed by atoms with Crippen LogP contribution in [0, 0.1) is 11.6 Å². The number of hydrogen-bond donors (Lipinski definition) is 2. The van der Waals surface area contributed by atoms with E-state index < -0.39 is 17.5 Å². The molecule has 1 aromatic carbocycles. The Kier molecular flexibility index (Phi) is 3.63. The maximum absolute atomic E-state index is 13.3. The lowest BCUT2D eigenvalue weighted by atomic mass is 10.3. The van der Waals surface area contributed by atoms with Gasteiger partial charge in [0, 0.05) is 18.0 Å².